The minimum atomic E-state index is -0.952. The molecule has 6 nitrogen and oxygen atoms in total. The molecule has 4 rings (SSSR count). The van der Waals surface area contributed by atoms with Gasteiger partial charge >= 0.3 is 5.97 Å². The Morgan fingerprint density at radius 2 is 1.93 bits per heavy atom. The van der Waals surface area contributed by atoms with Crippen molar-refractivity contribution in [2.45, 2.75) is 19.4 Å². The van der Waals surface area contributed by atoms with Crippen molar-refractivity contribution in [2.75, 3.05) is 0 Å². The average Bonchev–Trinajstić information content (AvgIpc) is 3.06. The third-order valence-electron chi connectivity index (χ3n) is 4.55. The summed E-state index contributed by atoms with van der Waals surface area (Å²) in [5, 5.41) is 10.5. The van der Waals surface area contributed by atoms with Crippen LogP contribution in [0.4, 0.5) is 0 Å². The van der Waals surface area contributed by atoms with Crippen molar-refractivity contribution in [3.8, 4) is 0 Å². The average molecular weight is 391 g/mol. The molecule has 0 fully saturated rings. The molecule has 0 aliphatic heterocycles. The van der Waals surface area contributed by atoms with Crippen molar-refractivity contribution in [3.63, 3.8) is 0 Å². The van der Waals surface area contributed by atoms with Gasteiger partial charge in [0.2, 0.25) is 0 Å². The summed E-state index contributed by atoms with van der Waals surface area (Å²) in [7, 11) is 0. The second-order valence-electron chi connectivity index (χ2n) is 6.32. The number of hydrogen-bond acceptors (Lipinski definition) is 4. The number of aromatic nitrogens is 2. The Labute approximate surface area is 164 Å². The van der Waals surface area contributed by atoms with E-state index in [1.807, 2.05) is 48.5 Å². The van der Waals surface area contributed by atoms with Crippen LogP contribution < -0.4 is 4.80 Å². The molecule has 0 radical (unpaired) electrons. The van der Waals surface area contributed by atoms with E-state index < -0.39 is 17.9 Å². The number of thiazole rings is 1. The lowest BCUT2D eigenvalue weighted by Gasteiger charge is -2.13. The van der Waals surface area contributed by atoms with Crippen LogP contribution in [0.1, 0.15) is 29.7 Å². The Hall–Kier alpha value is -3.32. The Morgan fingerprint density at radius 1 is 1.18 bits per heavy atom. The molecule has 0 spiro atoms. The van der Waals surface area contributed by atoms with Crippen LogP contribution in [0.5, 0.6) is 0 Å². The fraction of sp³-hybridized carbons (Fsp3) is 0.143. The van der Waals surface area contributed by atoms with Gasteiger partial charge in [0, 0.05) is 11.6 Å². The van der Waals surface area contributed by atoms with Crippen LogP contribution in [-0.2, 0) is 4.79 Å². The first-order valence-electron chi connectivity index (χ1n) is 8.85. The molecule has 2 aromatic heterocycles. The van der Waals surface area contributed by atoms with Crippen molar-refractivity contribution in [1.82, 2.24) is 9.55 Å². The Bertz CT molecular complexity index is 1270. The summed E-state index contributed by atoms with van der Waals surface area (Å²) < 4.78 is 2.51. The summed E-state index contributed by atoms with van der Waals surface area (Å²) in [5.74, 6) is -1.40. The fourth-order valence-corrected chi connectivity index (χ4v) is 4.24. The lowest BCUT2D eigenvalue weighted by atomic mass is 10.1. The van der Waals surface area contributed by atoms with Gasteiger partial charge in [-0.3, -0.25) is 9.78 Å². The van der Waals surface area contributed by atoms with Crippen LogP contribution in [0.2, 0.25) is 0 Å². The zero-order valence-corrected chi connectivity index (χ0v) is 15.9. The Kier molecular flexibility index (Phi) is 4.75. The number of nitrogens with zero attached hydrogens (tertiary/aromatic N) is 3. The van der Waals surface area contributed by atoms with Gasteiger partial charge < -0.3 is 9.67 Å². The molecular weight excluding hydrogens is 374 g/mol. The van der Waals surface area contributed by atoms with Crippen LogP contribution in [0, 0.1) is 0 Å². The molecule has 0 saturated heterocycles. The third kappa shape index (κ3) is 3.20. The van der Waals surface area contributed by atoms with Gasteiger partial charge in [-0.05, 0) is 30.7 Å². The quantitative estimate of drug-likeness (QED) is 0.569. The first-order valence-corrected chi connectivity index (χ1v) is 9.67. The van der Waals surface area contributed by atoms with Gasteiger partial charge in [0.25, 0.3) is 5.91 Å². The van der Waals surface area contributed by atoms with E-state index in [-0.39, 0.29) is 0 Å². The van der Waals surface area contributed by atoms with Crippen LogP contribution in [0.25, 0.3) is 21.1 Å². The first kappa shape index (κ1) is 18.1. The third-order valence-corrected chi connectivity index (χ3v) is 5.59. The number of aliphatic carboxylic acids is 1. The molecule has 0 aliphatic carbocycles. The summed E-state index contributed by atoms with van der Waals surface area (Å²) in [6.07, 6.45) is 1.88. The molecule has 28 heavy (non-hydrogen) atoms. The molecule has 140 valence electrons. The number of carbonyl (C=O) groups is 2. The zero-order valence-electron chi connectivity index (χ0n) is 15.1. The highest BCUT2D eigenvalue weighted by Gasteiger charge is 2.22. The minimum absolute atomic E-state index is 0.367. The highest BCUT2D eigenvalue weighted by Crippen LogP contribution is 2.22. The maximum absolute atomic E-state index is 12.8. The van der Waals surface area contributed by atoms with Crippen molar-refractivity contribution >= 4 is 44.3 Å². The summed E-state index contributed by atoms with van der Waals surface area (Å²) in [6, 6.07) is 16.0. The van der Waals surface area contributed by atoms with E-state index in [1.165, 1.54) is 17.5 Å². The van der Waals surface area contributed by atoms with Gasteiger partial charge in [-0.1, -0.05) is 48.6 Å². The number of amides is 1. The van der Waals surface area contributed by atoms with Crippen molar-refractivity contribution in [3.05, 3.63) is 71.2 Å². The van der Waals surface area contributed by atoms with Crippen molar-refractivity contribution < 1.29 is 14.7 Å². The molecule has 1 unspecified atom stereocenters. The van der Waals surface area contributed by atoms with E-state index in [2.05, 4.69) is 9.98 Å². The second kappa shape index (κ2) is 7.36. The molecule has 1 N–H and O–H groups in total. The summed E-state index contributed by atoms with van der Waals surface area (Å²) in [6.45, 7) is 1.80. The van der Waals surface area contributed by atoms with Crippen LogP contribution in [-0.4, -0.2) is 26.5 Å². The second-order valence-corrected chi connectivity index (χ2v) is 7.33. The number of carboxylic acid groups (broad SMARTS) is 1. The Balaban J connectivity index is 1.88. The highest BCUT2D eigenvalue weighted by atomic mass is 32.1. The maximum atomic E-state index is 12.8. The van der Waals surface area contributed by atoms with E-state index in [1.54, 1.807) is 17.6 Å². The summed E-state index contributed by atoms with van der Waals surface area (Å²) >= 11 is 1.30. The number of hydrogen-bond donors (Lipinski definition) is 1. The number of carboxylic acids is 1. The van der Waals surface area contributed by atoms with E-state index in [4.69, 9.17) is 0 Å². The SMILES string of the molecule is CCC(C(=O)O)n1c(=NC(=O)c2cnc3ccccc3c2)sc2ccccc21. The molecule has 1 amide bonds. The fourth-order valence-electron chi connectivity index (χ4n) is 3.18. The smallest absolute Gasteiger partial charge is 0.326 e. The molecule has 7 heteroatoms. The monoisotopic (exact) mass is 391 g/mol. The number of fused-ring (bicyclic) bond motifs is 2. The largest absolute Gasteiger partial charge is 0.480 e. The number of pyridine rings is 1. The standard InChI is InChI=1S/C21H17N3O3S/c1-2-16(20(26)27)24-17-9-5-6-10-18(17)28-21(24)23-19(25)14-11-13-7-3-4-8-15(13)22-12-14/h3-12,16H,2H2,1H3,(H,26,27). The van der Waals surface area contributed by atoms with E-state index in [0.717, 1.165) is 21.1 Å². The van der Waals surface area contributed by atoms with Gasteiger partial charge in [0.05, 0.1) is 21.3 Å². The van der Waals surface area contributed by atoms with Crippen LogP contribution in [0.15, 0.2) is 65.8 Å². The number of para-hydroxylation sites is 2. The first-order chi connectivity index (χ1) is 13.6. The van der Waals surface area contributed by atoms with Gasteiger partial charge in [0.1, 0.15) is 6.04 Å². The van der Waals surface area contributed by atoms with E-state index in [0.29, 0.717) is 16.8 Å². The molecule has 2 heterocycles. The van der Waals surface area contributed by atoms with E-state index >= 15 is 0 Å². The topological polar surface area (TPSA) is 84.5 Å². The van der Waals surface area contributed by atoms with Gasteiger partial charge in [0.15, 0.2) is 4.80 Å². The highest BCUT2D eigenvalue weighted by molar-refractivity contribution is 7.16. The number of carbonyl (C=O) groups excluding carboxylic acids is 1. The van der Waals surface area contributed by atoms with Crippen molar-refractivity contribution in [1.29, 1.82) is 0 Å². The molecule has 0 saturated carbocycles. The lowest BCUT2D eigenvalue weighted by molar-refractivity contribution is -0.140. The molecule has 4 aromatic rings. The van der Waals surface area contributed by atoms with Gasteiger partial charge in [-0.15, -0.1) is 0 Å². The maximum Gasteiger partial charge on any atom is 0.326 e. The summed E-state index contributed by atoms with van der Waals surface area (Å²) in [5.41, 5.74) is 1.92. The Morgan fingerprint density at radius 3 is 2.71 bits per heavy atom. The zero-order chi connectivity index (χ0) is 19.7. The predicted molar refractivity (Wildman–Crippen MR) is 108 cm³/mol. The summed E-state index contributed by atoms with van der Waals surface area (Å²) in [4.78, 5) is 33.5. The number of benzene rings is 2. The van der Waals surface area contributed by atoms with Crippen LogP contribution in [0.3, 0.4) is 0 Å². The lowest BCUT2D eigenvalue weighted by Crippen LogP contribution is -2.27. The van der Waals surface area contributed by atoms with Gasteiger partial charge in [-0.25, -0.2) is 4.79 Å². The van der Waals surface area contributed by atoms with Crippen molar-refractivity contribution in [2.24, 2.45) is 4.99 Å². The normalized spacial score (nSPS) is 13.1. The van der Waals surface area contributed by atoms with Crippen LogP contribution >= 0.6 is 11.3 Å². The minimum Gasteiger partial charge on any atom is -0.480 e. The molecule has 2 aromatic carbocycles. The van der Waals surface area contributed by atoms with E-state index in [9.17, 15) is 14.7 Å². The molecule has 0 aliphatic rings. The molecular formula is C21H17N3O3S. The van der Waals surface area contributed by atoms with Gasteiger partial charge in [-0.2, -0.15) is 4.99 Å². The molecule has 0 bridgehead atoms. The predicted octanol–water partition coefficient (Wildman–Crippen LogP) is 4.03. The number of rotatable bonds is 4. The molecule has 1 atom stereocenters.